The minimum absolute atomic E-state index is 0.0234. The van der Waals surface area contributed by atoms with E-state index in [-0.39, 0.29) is 42.4 Å². The molecule has 1 fully saturated rings. The Kier molecular flexibility index (Phi) is 4.34. The van der Waals surface area contributed by atoms with Crippen LogP contribution in [-0.4, -0.2) is 40.7 Å². The van der Waals surface area contributed by atoms with Crippen molar-refractivity contribution in [2.24, 2.45) is 0 Å². The smallest absolute Gasteiger partial charge is 0.260 e. The molecule has 2 amide bonds. The molecule has 0 aliphatic carbocycles. The number of rotatable bonds is 2. The second kappa shape index (κ2) is 6.56. The van der Waals surface area contributed by atoms with Crippen molar-refractivity contribution in [2.75, 3.05) is 18.0 Å². The lowest BCUT2D eigenvalue weighted by Crippen LogP contribution is -2.42. The molecule has 1 aromatic carbocycles. The lowest BCUT2D eigenvalue weighted by Gasteiger charge is -2.32. The SMILES string of the molecule is O=C(c1cc(N2Cc3ncccc3C2=O)ccc1Cl)N1CCC(F)(F)CC1. The van der Waals surface area contributed by atoms with Crippen molar-refractivity contribution in [1.29, 1.82) is 0 Å². The Labute approximate surface area is 159 Å². The van der Waals surface area contributed by atoms with Gasteiger partial charge >= 0.3 is 0 Å². The van der Waals surface area contributed by atoms with Crippen molar-refractivity contribution in [2.45, 2.75) is 25.3 Å². The maximum atomic E-state index is 13.4. The number of likely N-dealkylation sites (tertiary alicyclic amines) is 1. The number of alkyl halides is 2. The van der Waals surface area contributed by atoms with Gasteiger partial charge in [-0.15, -0.1) is 0 Å². The van der Waals surface area contributed by atoms with Crippen molar-refractivity contribution in [3.8, 4) is 0 Å². The first kappa shape index (κ1) is 17.9. The largest absolute Gasteiger partial charge is 0.338 e. The normalized spacial score (nSPS) is 18.6. The summed E-state index contributed by atoms with van der Waals surface area (Å²) in [7, 11) is 0. The van der Waals surface area contributed by atoms with Gasteiger partial charge in [0.2, 0.25) is 0 Å². The molecule has 0 atom stereocenters. The highest BCUT2D eigenvalue weighted by atomic mass is 35.5. The Morgan fingerprint density at radius 3 is 2.63 bits per heavy atom. The van der Waals surface area contributed by atoms with E-state index in [9.17, 15) is 18.4 Å². The Balaban J connectivity index is 1.60. The van der Waals surface area contributed by atoms with Gasteiger partial charge in [0.25, 0.3) is 17.7 Å². The Bertz CT molecular complexity index is 925. The van der Waals surface area contributed by atoms with E-state index < -0.39 is 11.8 Å². The van der Waals surface area contributed by atoms with Crippen LogP contribution < -0.4 is 4.90 Å². The Hall–Kier alpha value is -2.54. The third-order valence-electron chi connectivity index (χ3n) is 4.95. The highest BCUT2D eigenvalue weighted by Gasteiger charge is 2.36. The number of carbonyl (C=O) groups excluding carboxylic acids is 2. The van der Waals surface area contributed by atoms with Crippen LogP contribution in [0.15, 0.2) is 36.5 Å². The summed E-state index contributed by atoms with van der Waals surface area (Å²) in [5.41, 5.74) is 1.92. The molecule has 0 N–H and O–H groups in total. The number of halogens is 3. The van der Waals surface area contributed by atoms with E-state index in [1.54, 1.807) is 36.5 Å². The summed E-state index contributed by atoms with van der Waals surface area (Å²) in [6.45, 7) is 0.259. The monoisotopic (exact) mass is 391 g/mol. The maximum absolute atomic E-state index is 13.4. The molecule has 0 unspecified atom stereocenters. The van der Waals surface area contributed by atoms with E-state index in [0.29, 0.717) is 23.5 Å². The highest BCUT2D eigenvalue weighted by molar-refractivity contribution is 6.34. The van der Waals surface area contributed by atoms with Crippen molar-refractivity contribution >= 4 is 29.1 Å². The van der Waals surface area contributed by atoms with Crippen molar-refractivity contribution < 1.29 is 18.4 Å². The lowest BCUT2D eigenvalue weighted by molar-refractivity contribution is -0.0494. The highest BCUT2D eigenvalue weighted by Crippen LogP contribution is 2.32. The summed E-state index contributed by atoms with van der Waals surface area (Å²) in [5, 5.41) is 0.225. The number of hydrogen-bond donors (Lipinski definition) is 0. The van der Waals surface area contributed by atoms with Crippen LogP contribution in [0, 0.1) is 0 Å². The van der Waals surface area contributed by atoms with Gasteiger partial charge in [0.1, 0.15) is 0 Å². The second-order valence-corrected chi connectivity index (χ2v) is 7.11. The van der Waals surface area contributed by atoms with Crippen LogP contribution in [0.1, 0.15) is 39.3 Å². The van der Waals surface area contributed by atoms with Crippen LogP contribution >= 0.6 is 11.6 Å². The molecule has 3 heterocycles. The average Bonchev–Trinajstić information content (AvgIpc) is 2.99. The predicted molar refractivity (Wildman–Crippen MR) is 96.3 cm³/mol. The molecule has 0 saturated carbocycles. The van der Waals surface area contributed by atoms with E-state index in [2.05, 4.69) is 4.98 Å². The molecule has 2 aromatic rings. The molecule has 2 aliphatic rings. The molecule has 0 spiro atoms. The van der Waals surface area contributed by atoms with E-state index >= 15 is 0 Å². The molecule has 1 aromatic heterocycles. The topological polar surface area (TPSA) is 53.5 Å². The average molecular weight is 392 g/mol. The number of carbonyl (C=O) groups is 2. The first-order valence-electron chi connectivity index (χ1n) is 8.58. The number of nitrogens with zero attached hydrogens (tertiary/aromatic N) is 3. The first-order chi connectivity index (χ1) is 12.9. The fraction of sp³-hybridized carbons (Fsp3) is 0.316. The molecule has 140 valence electrons. The van der Waals surface area contributed by atoms with Crippen molar-refractivity contribution in [3.63, 3.8) is 0 Å². The van der Waals surface area contributed by atoms with Gasteiger partial charge in [0, 0.05) is 37.8 Å². The summed E-state index contributed by atoms with van der Waals surface area (Å²) in [6, 6.07) is 8.16. The van der Waals surface area contributed by atoms with Crippen LogP contribution in [0.2, 0.25) is 5.02 Å². The molecule has 8 heteroatoms. The molecule has 0 bridgehead atoms. The van der Waals surface area contributed by atoms with Gasteiger partial charge in [-0.1, -0.05) is 11.6 Å². The number of fused-ring (bicyclic) bond motifs is 1. The molecular weight excluding hydrogens is 376 g/mol. The minimum Gasteiger partial charge on any atom is -0.338 e. The van der Waals surface area contributed by atoms with E-state index in [4.69, 9.17) is 11.6 Å². The quantitative estimate of drug-likeness (QED) is 0.783. The van der Waals surface area contributed by atoms with Crippen molar-refractivity contribution in [3.05, 3.63) is 58.4 Å². The Morgan fingerprint density at radius 1 is 1.19 bits per heavy atom. The van der Waals surface area contributed by atoms with Crippen LogP contribution in [0.3, 0.4) is 0 Å². The standard InChI is InChI=1S/C19H16ClF2N3O2/c20-15-4-3-12(25-11-16-13(18(25)27)2-1-7-23-16)10-14(15)17(26)24-8-5-19(21,22)6-9-24/h1-4,7,10H,5-6,8-9,11H2. The zero-order chi connectivity index (χ0) is 19.2. The van der Waals surface area contributed by atoms with Crippen LogP contribution in [0.5, 0.6) is 0 Å². The molecule has 5 nitrogen and oxygen atoms in total. The zero-order valence-electron chi connectivity index (χ0n) is 14.3. The summed E-state index contributed by atoms with van der Waals surface area (Å²) >= 11 is 6.19. The summed E-state index contributed by atoms with van der Waals surface area (Å²) < 4.78 is 26.7. The number of amides is 2. The van der Waals surface area contributed by atoms with Gasteiger partial charge in [-0.05, 0) is 30.3 Å². The van der Waals surface area contributed by atoms with Gasteiger partial charge in [-0.25, -0.2) is 8.78 Å². The summed E-state index contributed by atoms with van der Waals surface area (Å²) in [5.74, 6) is -3.33. The van der Waals surface area contributed by atoms with E-state index in [1.807, 2.05) is 0 Å². The van der Waals surface area contributed by atoms with Crippen LogP contribution in [0.25, 0.3) is 0 Å². The Morgan fingerprint density at radius 2 is 1.93 bits per heavy atom. The fourth-order valence-corrected chi connectivity index (χ4v) is 3.58. The number of benzene rings is 1. The molecule has 1 saturated heterocycles. The summed E-state index contributed by atoms with van der Waals surface area (Å²) in [4.78, 5) is 32.5. The van der Waals surface area contributed by atoms with Gasteiger partial charge in [-0.3, -0.25) is 14.6 Å². The second-order valence-electron chi connectivity index (χ2n) is 6.70. The number of anilines is 1. The third-order valence-corrected chi connectivity index (χ3v) is 5.28. The first-order valence-corrected chi connectivity index (χ1v) is 8.96. The fourth-order valence-electron chi connectivity index (χ4n) is 3.39. The minimum atomic E-state index is -2.73. The third kappa shape index (κ3) is 3.27. The number of piperidine rings is 1. The van der Waals surface area contributed by atoms with Crippen LogP contribution in [0.4, 0.5) is 14.5 Å². The van der Waals surface area contributed by atoms with E-state index in [0.717, 1.165) is 0 Å². The van der Waals surface area contributed by atoms with Crippen molar-refractivity contribution in [1.82, 2.24) is 9.88 Å². The van der Waals surface area contributed by atoms with Gasteiger partial charge in [0.05, 0.1) is 28.4 Å². The zero-order valence-corrected chi connectivity index (χ0v) is 15.0. The molecule has 4 rings (SSSR count). The molecule has 2 aliphatic heterocycles. The van der Waals surface area contributed by atoms with Gasteiger partial charge < -0.3 is 9.80 Å². The molecular formula is C19H16ClF2N3O2. The van der Waals surface area contributed by atoms with Crippen LogP contribution in [-0.2, 0) is 6.54 Å². The molecule has 0 radical (unpaired) electrons. The lowest BCUT2D eigenvalue weighted by atomic mass is 10.1. The predicted octanol–water partition coefficient (Wildman–Crippen LogP) is 3.77. The maximum Gasteiger partial charge on any atom is 0.260 e. The number of aromatic nitrogens is 1. The number of hydrogen-bond acceptors (Lipinski definition) is 3. The number of pyridine rings is 1. The molecule has 27 heavy (non-hydrogen) atoms. The summed E-state index contributed by atoms with van der Waals surface area (Å²) in [6.07, 6.45) is 0.905. The van der Waals surface area contributed by atoms with Gasteiger partial charge in [-0.2, -0.15) is 0 Å². The van der Waals surface area contributed by atoms with Gasteiger partial charge in [0.15, 0.2) is 0 Å². The van der Waals surface area contributed by atoms with E-state index in [1.165, 1.54) is 9.80 Å².